The van der Waals surface area contributed by atoms with Gasteiger partial charge in [-0.25, -0.2) is 8.78 Å². The van der Waals surface area contributed by atoms with E-state index in [-0.39, 0.29) is 22.6 Å². The van der Waals surface area contributed by atoms with Gasteiger partial charge in [0.15, 0.2) is 5.78 Å². The minimum absolute atomic E-state index is 0.120. The summed E-state index contributed by atoms with van der Waals surface area (Å²) in [6, 6.07) is 2.33. The molecule has 0 unspecified atom stereocenters. The van der Waals surface area contributed by atoms with Crippen molar-refractivity contribution in [2.24, 2.45) is 0 Å². The average molecular weight is 264 g/mol. The van der Waals surface area contributed by atoms with E-state index < -0.39 is 6.43 Å². The molecule has 0 saturated heterocycles. The number of halogens is 3. The van der Waals surface area contributed by atoms with E-state index in [9.17, 15) is 13.6 Å². The number of hydrogen-bond acceptors (Lipinski definition) is 2. The Morgan fingerprint density at radius 2 is 2.07 bits per heavy atom. The van der Waals surface area contributed by atoms with Crippen molar-refractivity contribution in [1.29, 1.82) is 0 Å². The Bertz CT molecular complexity index is 379. The van der Waals surface area contributed by atoms with Gasteiger partial charge in [-0.3, -0.25) is 4.79 Å². The molecule has 0 atom stereocenters. The lowest BCUT2D eigenvalue weighted by Crippen LogP contribution is -2.02. The highest BCUT2D eigenvalue weighted by Gasteiger charge is 2.14. The largest absolute Gasteiger partial charge is 0.397 e. The summed E-state index contributed by atoms with van der Waals surface area (Å²) in [5.41, 5.74) is 5.64. The van der Waals surface area contributed by atoms with E-state index in [2.05, 4.69) is 15.9 Å². The highest BCUT2D eigenvalue weighted by Crippen LogP contribution is 2.30. The van der Waals surface area contributed by atoms with Crippen molar-refractivity contribution < 1.29 is 13.6 Å². The van der Waals surface area contributed by atoms with E-state index in [1.807, 2.05) is 0 Å². The fraction of sp³-hybridized carbons (Fsp3) is 0.222. The van der Waals surface area contributed by atoms with Gasteiger partial charge in [-0.05, 0) is 35.0 Å². The molecule has 0 fully saturated rings. The number of Topliss-reactive ketones (excluding diaryl/α,β-unsaturated/α-hetero) is 1. The predicted octanol–water partition coefficient (Wildman–Crippen LogP) is 3.17. The van der Waals surface area contributed by atoms with E-state index in [1.165, 1.54) is 13.0 Å². The van der Waals surface area contributed by atoms with Crippen molar-refractivity contribution in [2.75, 3.05) is 5.73 Å². The molecule has 1 aromatic carbocycles. The van der Waals surface area contributed by atoms with Crippen LogP contribution >= 0.6 is 15.9 Å². The molecule has 76 valence electrons. The Kier molecular flexibility index (Phi) is 3.21. The molecule has 0 amide bonds. The van der Waals surface area contributed by atoms with Crippen molar-refractivity contribution in [3.05, 3.63) is 27.7 Å². The van der Waals surface area contributed by atoms with Crippen LogP contribution in [0.1, 0.15) is 29.3 Å². The molecule has 0 aliphatic heterocycles. The first-order valence-corrected chi connectivity index (χ1v) is 4.60. The van der Waals surface area contributed by atoms with Crippen LogP contribution in [0.4, 0.5) is 14.5 Å². The van der Waals surface area contributed by atoms with Gasteiger partial charge in [0, 0.05) is 15.6 Å². The molecule has 1 aromatic rings. The zero-order valence-electron chi connectivity index (χ0n) is 7.35. The molecule has 0 aromatic heterocycles. The van der Waals surface area contributed by atoms with Gasteiger partial charge in [0.25, 0.3) is 6.43 Å². The first-order valence-electron chi connectivity index (χ1n) is 3.81. The number of carbonyl (C=O) groups is 1. The highest BCUT2D eigenvalue weighted by atomic mass is 79.9. The molecule has 0 bridgehead atoms. The third kappa shape index (κ3) is 2.09. The van der Waals surface area contributed by atoms with Gasteiger partial charge in [0.1, 0.15) is 0 Å². The number of rotatable bonds is 2. The van der Waals surface area contributed by atoms with Crippen molar-refractivity contribution in [3.8, 4) is 0 Å². The molecular weight excluding hydrogens is 256 g/mol. The SMILES string of the molecule is CC(=O)c1cc(C(F)F)cc(Br)c1N. The molecule has 2 nitrogen and oxygen atoms in total. The number of nitrogens with two attached hydrogens (primary N) is 1. The van der Waals surface area contributed by atoms with E-state index in [0.717, 1.165) is 6.07 Å². The summed E-state index contributed by atoms with van der Waals surface area (Å²) in [4.78, 5) is 11.0. The summed E-state index contributed by atoms with van der Waals surface area (Å²) >= 11 is 3.02. The van der Waals surface area contributed by atoms with Gasteiger partial charge < -0.3 is 5.73 Å². The van der Waals surface area contributed by atoms with Crippen molar-refractivity contribution in [2.45, 2.75) is 13.3 Å². The van der Waals surface area contributed by atoms with Crippen LogP contribution < -0.4 is 5.73 Å². The lowest BCUT2D eigenvalue weighted by atomic mass is 10.1. The Hall–Kier alpha value is -0.970. The van der Waals surface area contributed by atoms with E-state index in [0.29, 0.717) is 4.47 Å². The highest BCUT2D eigenvalue weighted by molar-refractivity contribution is 9.10. The van der Waals surface area contributed by atoms with Gasteiger partial charge >= 0.3 is 0 Å². The number of anilines is 1. The van der Waals surface area contributed by atoms with E-state index in [1.54, 1.807) is 0 Å². The zero-order chi connectivity index (χ0) is 10.9. The minimum Gasteiger partial charge on any atom is -0.397 e. The molecular formula is C9H8BrF2NO. The number of alkyl halides is 2. The second kappa shape index (κ2) is 4.04. The smallest absolute Gasteiger partial charge is 0.263 e. The molecule has 0 saturated carbocycles. The summed E-state index contributed by atoms with van der Waals surface area (Å²) in [6.07, 6.45) is -2.61. The molecule has 14 heavy (non-hydrogen) atoms. The topological polar surface area (TPSA) is 43.1 Å². The second-order valence-corrected chi connectivity index (χ2v) is 3.68. The fourth-order valence-electron chi connectivity index (χ4n) is 1.06. The summed E-state index contributed by atoms with van der Waals surface area (Å²) in [5, 5.41) is 0. The monoisotopic (exact) mass is 263 g/mol. The molecule has 1 rings (SSSR count). The molecule has 2 N–H and O–H groups in total. The Morgan fingerprint density at radius 3 is 2.50 bits per heavy atom. The van der Waals surface area contributed by atoms with Gasteiger partial charge in [-0.2, -0.15) is 0 Å². The zero-order valence-corrected chi connectivity index (χ0v) is 8.94. The maximum atomic E-state index is 12.3. The number of ketones is 1. The van der Waals surface area contributed by atoms with Crippen molar-refractivity contribution in [3.63, 3.8) is 0 Å². The van der Waals surface area contributed by atoms with E-state index in [4.69, 9.17) is 5.73 Å². The standard InChI is InChI=1S/C9H8BrF2NO/c1-4(14)6-2-5(9(11)12)3-7(10)8(6)13/h2-3,9H,13H2,1H3. The number of carbonyl (C=O) groups excluding carboxylic acids is 1. The van der Waals surface area contributed by atoms with Crippen LogP contribution in [0.3, 0.4) is 0 Å². The third-order valence-corrected chi connectivity index (χ3v) is 2.44. The normalized spacial score (nSPS) is 10.6. The lowest BCUT2D eigenvalue weighted by Gasteiger charge is -2.07. The van der Waals surface area contributed by atoms with Gasteiger partial charge in [-0.15, -0.1) is 0 Å². The summed E-state index contributed by atoms with van der Waals surface area (Å²) in [5.74, 6) is -0.328. The predicted molar refractivity (Wildman–Crippen MR) is 53.5 cm³/mol. The molecule has 5 heteroatoms. The van der Waals surface area contributed by atoms with Gasteiger partial charge in [0.05, 0.1) is 5.69 Å². The fourth-order valence-corrected chi connectivity index (χ4v) is 1.53. The maximum Gasteiger partial charge on any atom is 0.263 e. The second-order valence-electron chi connectivity index (χ2n) is 2.82. The summed E-state index contributed by atoms with van der Waals surface area (Å²) in [6.45, 7) is 1.29. The third-order valence-electron chi connectivity index (χ3n) is 1.78. The minimum atomic E-state index is -2.61. The first kappa shape index (κ1) is 11.1. The number of hydrogen-bond donors (Lipinski definition) is 1. The Morgan fingerprint density at radius 1 is 1.50 bits per heavy atom. The number of benzene rings is 1. The molecule has 0 spiro atoms. The Balaban J connectivity index is 3.35. The van der Waals surface area contributed by atoms with Crippen LogP contribution in [0.15, 0.2) is 16.6 Å². The lowest BCUT2D eigenvalue weighted by molar-refractivity contribution is 0.101. The molecule has 0 aliphatic rings. The van der Waals surface area contributed by atoms with Crippen LogP contribution in [0.5, 0.6) is 0 Å². The van der Waals surface area contributed by atoms with E-state index >= 15 is 0 Å². The number of nitrogen functional groups attached to an aromatic ring is 1. The molecule has 0 radical (unpaired) electrons. The quantitative estimate of drug-likeness (QED) is 0.658. The van der Waals surface area contributed by atoms with Crippen LogP contribution in [-0.2, 0) is 0 Å². The van der Waals surface area contributed by atoms with Crippen LogP contribution in [0, 0.1) is 0 Å². The molecule has 0 heterocycles. The van der Waals surface area contributed by atoms with Gasteiger partial charge in [0.2, 0.25) is 0 Å². The Labute approximate surface area is 88.2 Å². The maximum absolute atomic E-state index is 12.3. The van der Waals surface area contributed by atoms with Crippen LogP contribution in [0.25, 0.3) is 0 Å². The van der Waals surface area contributed by atoms with Crippen LogP contribution in [0.2, 0.25) is 0 Å². The average Bonchev–Trinajstić information content (AvgIpc) is 2.08. The van der Waals surface area contributed by atoms with Crippen LogP contribution in [-0.4, -0.2) is 5.78 Å². The summed E-state index contributed by atoms with van der Waals surface area (Å²) in [7, 11) is 0. The first-order chi connectivity index (χ1) is 6.43. The van der Waals surface area contributed by atoms with Crippen molar-refractivity contribution >= 4 is 27.4 Å². The summed E-state index contributed by atoms with van der Waals surface area (Å²) < 4.78 is 25.0. The van der Waals surface area contributed by atoms with Crippen molar-refractivity contribution in [1.82, 2.24) is 0 Å². The molecule has 0 aliphatic carbocycles. The van der Waals surface area contributed by atoms with Gasteiger partial charge in [-0.1, -0.05) is 0 Å².